The largest absolute Gasteiger partial charge is 0.481 e. The van der Waals surface area contributed by atoms with Crippen molar-refractivity contribution < 1.29 is 14.4 Å². The van der Waals surface area contributed by atoms with E-state index in [1.54, 1.807) is 0 Å². The van der Waals surface area contributed by atoms with Crippen LogP contribution in [0.5, 0.6) is 5.88 Å². The first-order valence-corrected chi connectivity index (χ1v) is 6.55. The maximum atomic E-state index is 10.9. The van der Waals surface area contributed by atoms with Crippen LogP contribution in [0, 0.1) is 16.0 Å². The summed E-state index contributed by atoms with van der Waals surface area (Å²) in [5.41, 5.74) is -0.0612. The number of anilines is 1. The van der Waals surface area contributed by atoms with Gasteiger partial charge in [0.1, 0.15) is 0 Å². The summed E-state index contributed by atoms with van der Waals surface area (Å²) in [6, 6.07) is 2.85. The Morgan fingerprint density at radius 1 is 1.45 bits per heavy atom. The average molecular weight is 283 g/mol. The van der Waals surface area contributed by atoms with Crippen molar-refractivity contribution in [2.75, 3.05) is 32.2 Å². The van der Waals surface area contributed by atoms with E-state index in [0.717, 1.165) is 13.0 Å². The molecule has 0 radical (unpaired) electrons. The Balaban J connectivity index is 2.47. The minimum absolute atomic E-state index is 0.0612. The van der Waals surface area contributed by atoms with Crippen LogP contribution in [0.25, 0.3) is 0 Å². The molecular formula is C13H21N3O4. The Kier molecular flexibility index (Phi) is 6.72. The van der Waals surface area contributed by atoms with Crippen molar-refractivity contribution in [2.45, 2.75) is 20.3 Å². The van der Waals surface area contributed by atoms with Crippen LogP contribution in [-0.2, 0) is 4.74 Å². The highest BCUT2D eigenvalue weighted by Crippen LogP contribution is 2.24. The van der Waals surface area contributed by atoms with Gasteiger partial charge in [0.2, 0.25) is 11.7 Å². The van der Waals surface area contributed by atoms with Crippen molar-refractivity contribution in [3.8, 4) is 5.88 Å². The molecule has 1 heterocycles. The molecule has 0 aromatic carbocycles. The molecule has 1 rings (SSSR count). The van der Waals surface area contributed by atoms with Crippen LogP contribution in [0.2, 0.25) is 0 Å². The fraction of sp³-hybridized carbons (Fsp3) is 0.615. The minimum atomic E-state index is -0.468. The molecule has 7 heteroatoms. The van der Waals surface area contributed by atoms with Gasteiger partial charge in [-0.3, -0.25) is 10.1 Å². The van der Waals surface area contributed by atoms with Crippen LogP contribution in [0.3, 0.4) is 0 Å². The number of rotatable bonds is 9. The molecule has 0 atom stereocenters. The van der Waals surface area contributed by atoms with Gasteiger partial charge < -0.3 is 14.8 Å². The van der Waals surface area contributed by atoms with Gasteiger partial charge in [0.05, 0.1) is 12.0 Å². The number of nitro groups is 1. The van der Waals surface area contributed by atoms with E-state index in [4.69, 9.17) is 9.47 Å². The summed E-state index contributed by atoms with van der Waals surface area (Å²) in [6.07, 6.45) is 0.753. The Bertz CT molecular complexity index is 438. The van der Waals surface area contributed by atoms with Gasteiger partial charge in [0.25, 0.3) is 0 Å². The summed E-state index contributed by atoms with van der Waals surface area (Å²) in [5.74, 6) is 1.07. The van der Waals surface area contributed by atoms with Crippen molar-refractivity contribution in [3.05, 3.63) is 22.2 Å². The monoisotopic (exact) mass is 283 g/mol. The summed E-state index contributed by atoms with van der Waals surface area (Å²) in [5, 5.41) is 13.8. The molecule has 0 aliphatic carbocycles. The molecule has 0 amide bonds. The van der Waals surface area contributed by atoms with Gasteiger partial charge in [-0.1, -0.05) is 13.8 Å². The molecule has 0 saturated heterocycles. The molecule has 1 aromatic heterocycles. The SMILES string of the molecule is COc1ccc([N+](=O)[O-])c(NCCCOCC(C)C)n1. The third-order valence-corrected chi connectivity index (χ3v) is 2.46. The van der Waals surface area contributed by atoms with Crippen LogP contribution in [-0.4, -0.2) is 36.8 Å². The van der Waals surface area contributed by atoms with E-state index in [1.807, 2.05) is 0 Å². The lowest BCUT2D eigenvalue weighted by Gasteiger charge is -2.09. The van der Waals surface area contributed by atoms with E-state index in [0.29, 0.717) is 24.9 Å². The first kappa shape index (κ1) is 16.2. The molecule has 0 spiro atoms. The Hall–Kier alpha value is -1.89. The number of methoxy groups -OCH3 is 1. The summed E-state index contributed by atoms with van der Waals surface area (Å²) in [4.78, 5) is 14.5. The highest BCUT2D eigenvalue weighted by molar-refractivity contribution is 5.56. The molecule has 20 heavy (non-hydrogen) atoms. The van der Waals surface area contributed by atoms with E-state index in [2.05, 4.69) is 24.1 Å². The van der Waals surface area contributed by atoms with Gasteiger partial charge in [-0.25, -0.2) is 0 Å². The lowest BCUT2D eigenvalue weighted by molar-refractivity contribution is -0.384. The van der Waals surface area contributed by atoms with Crippen molar-refractivity contribution in [1.29, 1.82) is 0 Å². The summed E-state index contributed by atoms with van der Waals surface area (Å²) < 4.78 is 10.4. The summed E-state index contributed by atoms with van der Waals surface area (Å²) >= 11 is 0. The Labute approximate surface area is 118 Å². The molecule has 112 valence electrons. The topological polar surface area (TPSA) is 86.5 Å². The second-order valence-corrected chi connectivity index (χ2v) is 4.73. The maximum absolute atomic E-state index is 10.9. The standard InChI is InChI=1S/C13H21N3O4/c1-10(2)9-20-8-4-7-14-13-11(16(17)18)5-6-12(15-13)19-3/h5-6,10H,4,7-9H2,1-3H3,(H,14,15). The quantitative estimate of drug-likeness (QED) is 0.425. The molecule has 0 fully saturated rings. The number of aromatic nitrogens is 1. The van der Waals surface area contributed by atoms with E-state index in [-0.39, 0.29) is 11.5 Å². The number of hydrogen-bond donors (Lipinski definition) is 1. The lowest BCUT2D eigenvalue weighted by atomic mass is 10.2. The summed E-state index contributed by atoms with van der Waals surface area (Å²) in [7, 11) is 1.47. The van der Waals surface area contributed by atoms with E-state index >= 15 is 0 Å². The molecular weight excluding hydrogens is 262 g/mol. The van der Waals surface area contributed by atoms with Crippen molar-refractivity contribution in [2.24, 2.45) is 5.92 Å². The zero-order valence-electron chi connectivity index (χ0n) is 12.1. The molecule has 1 aromatic rings. The fourth-order valence-electron chi connectivity index (χ4n) is 1.53. The van der Waals surface area contributed by atoms with Gasteiger partial charge in [0.15, 0.2) is 0 Å². The van der Waals surface area contributed by atoms with Gasteiger partial charge in [-0.15, -0.1) is 0 Å². The van der Waals surface area contributed by atoms with E-state index < -0.39 is 4.92 Å². The summed E-state index contributed by atoms with van der Waals surface area (Å²) in [6.45, 7) is 6.06. The Morgan fingerprint density at radius 2 is 2.20 bits per heavy atom. The molecule has 0 saturated carbocycles. The third kappa shape index (κ3) is 5.40. The number of nitrogens with zero attached hydrogens (tertiary/aromatic N) is 2. The predicted molar refractivity (Wildman–Crippen MR) is 76.2 cm³/mol. The number of nitrogens with one attached hydrogen (secondary N) is 1. The fourth-order valence-corrected chi connectivity index (χ4v) is 1.53. The normalized spacial score (nSPS) is 10.6. The van der Waals surface area contributed by atoms with Crippen molar-refractivity contribution in [3.63, 3.8) is 0 Å². The van der Waals surface area contributed by atoms with Gasteiger partial charge in [-0.2, -0.15) is 4.98 Å². The van der Waals surface area contributed by atoms with Crippen molar-refractivity contribution >= 4 is 11.5 Å². The van der Waals surface area contributed by atoms with Gasteiger partial charge in [-0.05, 0) is 12.3 Å². The minimum Gasteiger partial charge on any atom is -0.481 e. The third-order valence-electron chi connectivity index (χ3n) is 2.46. The van der Waals surface area contributed by atoms with Crippen LogP contribution in [0.1, 0.15) is 20.3 Å². The zero-order valence-corrected chi connectivity index (χ0v) is 12.1. The number of pyridine rings is 1. The van der Waals surface area contributed by atoms with Crippen LogP contribution in [0.15, 0.2) is 12.1 Å². The molecule has 0 unspecified atom stereocenters. The van der Waals surface area contributed by atoms with Gasteiger partial charge in [0, 0.05) is 31.9 Å². The second-order valence-electron chi connectivity index (χ2n) is 4.73. The first-order chi connectivity index (χ1) is 9.54. The second kappa shape index (κ2) is 8.31. The highest BCUT2D eigenvalue weighted by atomic mass is 16.6. The first-order valence-electron chi connectivity index (χ1n) is 6.55. The smallest absolute Gasteiger partial charge is 0.311 e. The van der Waals surface area contributed by atoms with Crippen LogP contribution < -0.4 is 10.1 Å². The number of hydrogen-bond acceptors (Lipinski definition) is 6. The average Bonchev–Trinajstić information content (AvgIpc) is 2.41. The molecule has 0 bridgehead atoms. The van der Waals surface area contributed by atoms with E-state index in [1.165, 1.54) is 19.2 Å². The van der Waals surface area contributed by atoms with Crippen molar-refractivity contribution in [1.82, 2.24) is 4.98 Å². The Morgan fingerprint density at radius 3 is 2.80 bits per heavy atom. The molecule has 1 N–H and O–H groups in total. The highest BCUT2D eigenvalue weighted by Gasteiger charge is 2.15. The molecule has 0 aliphatic heterocycles. The van der Waals surface area contributed by atoms with Gasteiger partial charge >= 0.3 is 5.69 Å². The predicted octanol–water partition coefficient (Wildman–Crippen LogP) is 2.47. The van der Waals surface area contributed by atoms with Crippen LogP contribution >= 0.6 is 0 Å². The van der Waals surface area contributed by atoms with E-state index in [9.17, 15) is 10.1 Å². The zero-order chi connectivity index (χ0) is 15.0. The molecule has 7 nitrogen and oxygen atoms in total. The number of ether oxygens (including phenoxy) is 2. The van der Waals surface area contributed by atoms with Crippen LogP contribution in [0.4, 0.5) is 11.5 Å². The molecule has 0 aliphatic rings. The maximum Gasteiger partial charge on any atom is 0.311 e. The lowest BCUT2D eigenvalue weighted by Crippen LogP contribution is -2.10.